The molecule has 148 valence electrons. The molecule has 3 aromatic rings. The van der Waals surface area contributed by atoms with Crippen molar-refractivity contribution in [2.75, 3.05) is 5.32 Å². The van der Waals surface area contributed by atoms with Crippen LogP contribution < -0.4 is 5.32 Å². The topological polar surface area (TPSA) is 55.6 Å². The standard InChI is InChI=1S/C18H16ClF3IN5/c1-3-11-6-10(7-24-15-13(23)8-25-17(19)27-15)4-5-12(11)16-26-14(9-28(16)2)18(20,21)22/h4-6,8-9H,3,7H2,1-2H3,(H,24,25,27). The third-order valence-electron chi connectivity index (χ3n) is 4.13. The molecule has 0 aliphatic carbocycles. The normalized spacial score (nSPS) is 11.7. The highest BCUT2D eigenvalue weighted by Gasteiger charge is 2.34. The van der Waals surface area contributed by atoms with Crippen LogP contribution in [-0.2, 0) is 26.2 Å². The van der Waals surface area contributed by atoms with Crippen molar-refractivity contribution in [2.24, 2.45) is 7.05 Å². The fraction of sp³-hybridized carbons (Fsp3) is 0.278. The fourth-order valence-electron chi connectivity index (χ4n) is 2.78. The SMILES string of the molecule is CCc1cc(CNc2nc(Cl)ncc2I)ccc1-c1nc(C(F)(F)F)cn1C. The summed E-state index contributed by atoms with van der Waals surface area (Å²) in [5, 5.41) is 3.36. The van der Waals surface area contributed by atoms with Crippen molar-refractivity contribution in [3.8, 4) is 11.4 Å². The Labute approximate surface area is 178 Å². The van der Waals surface area contributed by atoms with E-state index in [1.54, 1.807) is 19.3 Å². The van der Waals surface area contributed by atoms with Crippen LogP contribution in [0.25, 0.3) is 11.4 Å². The largest absolute Gasteiger partial charge is 0.434 e. The molecular weight excluding hydrogens is 506 g/mol. The van der Waals surface area contributed by atoms with Crippen LogP contribution >= 0.6 is 34.2 Å². The predicted molar refractivity (Wildman–Crippen MR) is 110 cm³/mol. The third kappa shape index (κ3) is 4.57. The highest BCUT2D eigenvalue weighted by Crippen LogP contribution is 2.32. The lowest BCUT2D eigenvalue weighted by Gasteiger charge is -2.12. The maximum absolute atomic E-state index is 13.0. The number of alkyl halides is 3. The molecule has 28 heavy (non-hydrogen) atoms. The van der Waals surface area contributed by atoms with Gasteiger partial charge < -0.3 is 9.88 Å². The molecule has 0 saturated carbocycles. The van der Waals surface area contributed by atoms with Gasteiger partial charge in [0.1, 0.15) is 11.6 Å². The van der Waals surface area contributed by atoms with Crippen molar-refractivity contribution in [1.82, 2.24) is 19.5 Å². The van der Waals surface area contributed by atoms with Crippen molar-refractivity contribution in [1.29, 1.82) is 0 Å². The molecular formula is C18H16ClF3IN5. The van der Waals surface area contributed by atoms with Gasteiger partial charge >= 0.3 is 6.18 Å². The van der Waals surface area contributed by atoms with E-state index in [4.69, 9.17) is 11.6 Å². The second-order valence-electron chi connectivity index (χ2n) is 6.09. The molecule has 0 radical (unpaired) electrons. The molecule has 10 heteroatoms. The van der Waals surface area contributed by atoms with E-state index in [0.717, 1.165) is 20.9 Å². The first-order valence-corrected chi connectivity index (χ1v) is 9.79. The Bertz CT molecular complexity index is 1000. The summed E-state index contributed by atoms with van der Waals surface area (Å²) in [6.45, 7) is 2.45. The molecule has 0 spiro atoms. The molecule has 0 saturated heterocycles. The second-order valence-corrected chi connectivity index (χ2v) is 7.59. The van der Waals surface area contributed by atoms with Crippen LogP contribution in [0.3, 0.4) is 0 Å². The number of hydrogen-bond acceptors (Lipinski definition) is 4. The van der Waals surface area contributed by atoms with E-state index in [1.165, 1.54) is 4.57 Å². The van der Waals surface area contributed by atoms with Gasteiger partial charge in [-0.25, -0.2) is 9.97 Å². The van der Waals surface area contributed by atoms with Crippen LogP contribution in [0.4, 0.5) is 19.0 Å². The van der Waals surface area contributed by atoms with Crippen molar-refractivity contribution in [2.45, 2.75) is 26.1 Å². The smallest absolute Gasteiger partial charge is 0.365 e. The van der Waals surface area contributed by atoms with Gasteiger partial charge in [-0.3, -0.25) is 0 Å². The summed E-state index contributed by atoms with van der Waals surface area (Å²) in [4.78, 5) is 11.9. The average Bonchev–Trinajstić information content (AvgIpc) is 3.04. The van der Waals surface area contributed by atoms with Crippen molar-refractivity contribution in [3.63, 3.8) is 0 Å². The number of nitrogens with one attached hydrogen (secondary N) is 1. The summed E-state index contributed by atoms with van der Waals surface area (Å²) in [5.74, 6) is 0.919. The van der Waals surface area contributed by atoms with Gasteiger partial charge in [0.05, 0.1) is 3.57 Å². The van der Waals surface area contributed by atoms with Crippen LogP contribution in [0.2, 0.25) is 5.28 Å². The molecule has 3 rings (SSSR count). The van der Waals surface area contributed by atoms with E-state index in [2.05, 4.69) is 42.9 Å². The van der Waals surface area contributed by atoms with Crippen LogP contribution in [-0.4, -0.2) is 19.5 Å². The van der Waals surface area contributed by atoms with E-state index in [9.17, 15) is 13.2 Å². The highest BCUT2D eigenvalue weighted by atomic mass is 127. The molecule has 0 atom stereocenters. The molecule has 2 aromatic heterocycles. The van der Waals surface area contributed by atoms with Crippen LogP contribution in [0.5, 0.6) is 0 Å². The van der Waals surface area contributed by atoms with Gasteiger partial charge in [-0.1, -0.05) is 25.1 Å². The van der Waals surface area contributed by atoms with E-state index < -0.39 is 11.9 Å². The number of hydrogen-bond donors (Lipinski definition) is 1. The first-order valence-electron chi connectivity index (χ1n) is 8.33. The Morgan fingerprint density at radius 3 is 2.64 bits per heavy atom. The van der Waals surface area contributed by atoms with Gasteiger partial charge in [0.2, 0.25) is 5.28 Å². The summed E-state index contributed by atoms with van der Waals surface area (Å²) in [6, 6.07) is 5.62. The minimum absolute atomic E-state index is 0.155. The molecule has 0 fully saturated rings. The first kappa shape index (κ1) is 20.8. The second kappa shape index (κ2) is 8.24. The minimum Gasteiger partial charge on any atom is -0.365 e. The van der Waals surface area contributed by atoms with E-state index in [-0.39, 0.29) is 5.28 Å². The van der Waals surface area contributed by atoms with Crippen LogP contribution in [0.1, 0.15) is 23.7 Å². The van der Waals surface area contributed by atoms with Crippen molar-refractivity contribution >= 4 is 40.0 Å². The Hall–Kier alpha value is -1.88. The molecule has 5 nitrogen and oxygen atoms in total. The fourth-order valence-corrected chi connectivity index (χ4v) is 3.36. The Kier molecular flexibility index (Phi) is 6.13. The number of imidazole rings is 1. The van der Waals surface area contributed by atoms with Crippen molar-refractivity contribution in [3.05, 3.63) is 56.3 Å². The molecule has 0 aliphatic heterocycles. The lowest BCUT2D eigenvalue weighted by molar-refractivity contribution is -0.140. The number of anilines is 1. The van der Waals surface area contributed by atoms with Gasteiger partial charge in [-0.15, -0.1) is 0 Å². The lowest BCUT2D eigenvalue weighted by atomic mass is 10.0. The monoisotopic (exact) mass is 521 g/mol. The van der Waals surface area contributed by atoms with E-state index >= 15 is 0 Å². The maximum atomic E-state index is 13.0. The molecule has 2 heterocycles. The Morgan fingerprint density at radius 2 is 2.00 bits per heavy atom. The van der Waals surface area contributed by atoms with Crippen LogP contribution in [0.15, 0.2) is 30.6 Å². The van der Waals surface area contributed by atoms with Crippen LogP contribution in [0, 0.1) is 3.57 Å². The van der Waals surface area contributed by atoms with Gasteiger partial charge in [0, 0.05) is 31.5 Å². The zero-order chi connectivity index (χ0) is 20.5. The zero-order valence-corrected chi connectivity index (χ0v) is 17.9. The minimum atomic E-state index is -4.47. The Balaban J connectivity index is 1.87. The predicted octanol–water partition coefficient (Wildman–Crippen LogP) is 5.33. The number of aryl methyl sites for hydroxylation is 2. The highest BCUT2D eigenvalue weighted by molar-refractivity contribution is 14.1. The van der Waals surface area contributed by atoms with Gasteiger partial charge in [0.25, 0.3) is 0 Å². The quantitative estimate of drug-likeness (QED) is 0.364. The molecule has 0 amide bonds. The average molecular weight is 522 g/mol. The summed E-state index contributed by atoms with van der Waals surface area (Å²) < 4.78 is 41.1. The third-order valence-corrected chi connectivity index (χ3v) is 5.10. The lowest BCUT2D eigenvalue weighted by Crippen LogP contribution is -2.06. The van der Waals surface area contributed by atoms with E-state index in [1.807, 2.05) is 19.1 Å². The first-order chi connectivity index (χ1) is 13.2. The molecule has 1 aromatic carbocycles. The molecule has 0 bridgehead atoms. The molecule has 0 aliphatic rings. The van der Waals surface area contributed by atoms with E-state index in [0.29, 0.717) is 30.2 Å². The summed E-state index contributed by atoms with van der Waals surface area (Å²) >= 11 is 7.94. The number of rotatable bonds is 5. The summed E-state index contributed by atoms with van der Waals surface area (Å²) in [7, 11) is 1.56. The van der Waals surface area contributed by atoms with Gasteiger partial charge in [-0.2, -0.15) is 18.2 Å². The molecule has 1 N–H and O–H groups in total. The van der Waals surface area contributed by atoms with Crippen molar-refractivity contribution < 1.29 is 13.2 Å². The van der Waals surface area contributed by atoms with Gasteiger partial charge in [0.15, 0.2) is 5.69 Å². The number of aromatic nitrogens is 4. The zero-order valence-electron chi connectivity index (χ0n) is 15.0. The molecule has 0 unspecified atom stereocenters. The Morgan fingerprint density at radius 1 is 1.25 bits per heavy atom. The maximum Gasteiger partial charge on any atom is 0.434 e. The number of halogens is 5. The summed E-state index contributed by atoms with van der Waals surface area (Å²) in [5.41, 5.74) is 1.67. The number of nitrogens with zero attached hydrogens (tertiary/aromatic N) is 4. The summed E-state index contributed by atoms with van der Waals surface area (Å²) in [6.07, 6.45) is -1.18. The van der Waals surface area contributed by atoms with Gasteiger partial charge in [-0.05, 0) is 51.7 Å². The number of benzene rings is 1.